The van der Waals surface area contributed by atoms with Gasteiger partial charge in [0.1, 0.15) is 12.6 Å². The summed E-state index contributed by atoms with van der Waals surface area (Å²) in [4.78, 5) is 34.4. The number of amides is 1. The van der Waals surface area contributed by atoms with Gasteiger partial charge < -0.3 is 15.2 Å². The fourth-order valence-corrected chi connectivity index (χ4v) is 4.29. The number of benzene rings is 3. The third-order valence-corrected chi connectivity index (χ3v) is 5.97. The van der Waals surface area contributed by atoms with Gasteiger partial charge in [-0.1, -0.05) is 54.6 Å². The molecule has 3 aromatic carbocycles. The first kappa shape index (κ1) is 24.7. The zero-order valence-corrected chi connectivity index (χ0v) is 18.5. The molecule has 0 aromatic heterocycles. The molecule has 0 saturated heterocycles. The lowest BCUT2D eigenvalue weighted by Gasteiger charge is -2.18. The van der Waals surface area contributed by atoms with E-state index in [-0.39, 0.29) is 18.1 Å². The lowest BCUT2D eigenvalue weighted by molar-refractivity contribution is -0.385. The highest BCUT2D eigenvalue weighted by Crippen LogP contribution is 2.44. The maximum absolute atomic E-state index is 12.9. The van der Waals surface area contributed by atoms with E-state index in [0.29, 0.717) is 12.1 Å². The number of fused-ring (bicyclic) bond motifs is 3. The first-order chi connectivity index (χ1) is 17.1. The van der Waals surface area contributed by atoms with Gasteiger partial charge in [-0.25, -0.2) is 9.59 Å². The summed E-state index contributed by atoms with van der Waals surface area (Å²) in [6.07, 6.45) is -6.50. The van der Waals surface area contributed by atoms with Crippen LogP contribution < -0.4 is 5.32 Å². The lowest BCUT2D eigenvalue weighted by atomic mass is 9.98. The Morgan fingerprint density at radius 3 is 2.14 bits per heavy atom. The summed E-state index contributed by atoms with van der Waals surface area (Å²) >= 11 is 0. The summed E-state index contributed by atoms with van der Waals surface area (Å²) < 4.78 is 44.1. The normalized spacial score (nSPS) is 13.4. The Morgan fingerprint density at radius 1 is 1.03 bits per heavy atom. The Labute approximate surface area is 202 Å². The number of ether oxygens (including phenoxy) is 1. The number of nitro groups is 1. The zero-order chi connectivity index (χ0) is 26.0. The number of alkyl carbamates (subject to hydrolysis) is 1. The van der Waals surface area contributed by atoms with Gasteiger partial charge in [0.05, 0.1) is 10.5 Å². The van der Waals surface area contributed by atoms with Crippen LogP contribution >= 0.6 is 0 Å². The number of aliphatic carboxylic acids is 1. The molecule has 0 radical (unpaired) electrons. The van der Waals surface area contributed by atoms with E-state index in [1.165, 1.54) is 0 Å². The van der Waals surface area contributed by atoms with Crippen LogP contribution in [0.3, 0.4) is 0 Å². The number of nitrogens with one attached hydrogen (secondary N) is 1. The molecule has 3 aromatic rings. The monoisotopic (exact) mass is 500 g/mol. The molecule has 36 heavy (non-hydrogen) atoms. The number of rotatable bonds is 7. The molecule has 1 unspecified atom stereocenters. The molecule has 11 heteroatoms. The number of carbonyl (C=O) groups excluding carboxylic acids is 1. The number of hydrogen-bond acceptors (Lipinski definition) is 5. The van der Waals surface area contributed by atoms with Crippen molar-refractivity contribution in [3.05, 3.63) is 99.1 Å². The van der Waals surface area contributed by atoms with Gasteiger partial charge >= 0.3 is 18.2 Å². The summed E-state index contributed by atoms with van der Waals surface area (Å²) in [5, 5.41) is 23.0. The number of carboxylic acids is 1. The van der Waals surface area contributed by atoms with E-state index in [9.17, 15) is 38.0 Å². The molecule has 1 aliphatic carbocycles. The van der Waals surface area contributed by atoms with E-state index in [1.54, 1.807) is 0 Å². The lowest BCUT2D eigenvalue weighted by Crippen LogP contribution is -2.43. The van der Waals surface area contributed by atoms with Crippen molar-refractivity contribution in [2.45, 2.75) is 24.6 Å². The quantitative estimate of drug-likeness (QED) is 0.342. The first-order valence-electron chi connectivity index (χ1n) is 10.7. The molecule has 8 nitrogen and oxygen atoms in total. The number of hydrogen-bond donors (Lipinski definition) is 2. The van der Waals surface area contributed by atoms with E-state index < -0.39 is 46.9 Å². The number of carbonyl (C=O) groups is 2. The topological polar surface area (TPSA) is 119 Å². The van der Waals surface area contributed by atoms with Crippen molar-refractivity contribution in [2.75, 3.05) is 6.61 Å². The molecular weight excluding hydrogens is 481 g/mol. The minimum Gasteiger partial charge on any atom is -0.480 e. The molecular formula is C25H19F3N2O6. The number of halogens is 3. The van der Waals surface area contributed by atoms with Crippen LogP contribution in [0.15, 0.2) is 66.7 Å². The Morgan fingerprint density at radius 2 is 1.61 bits per heavy atom. The Bertz CT molecular complexity index is 1300. The van der Waals surface area contributed by atoms with E-state index in [0.717, 1.165) is 28.3 Å². The number of carboxylic acid groups (broad SMARTS) is 1. The van der Waals surface area contributed by atoms with Gasteiger partial charge in [0.25, 0.3) is 5.69 Å². The van der Waals surface area contributed by atoms with E-state index >= 15 is 0 Å². The highest BCUT2D eigenvalue weighted by molar-refractivity contribution is 5.81. The highest BCUT2D eigenvalue weighted by Gasteiger charge is 2.34. The highest BCUT2D eigenvalue weighted by atomic mass is 19.4. The number of nitrogens with zero attached hydrogens (tertiary/aromatic N) is 1. The van der Waals surface area contributed by atoms with E-state index in [4.69, 9.17) is 4.74 Å². The molecule has 0 saturated carbocycles. The van der Waals surface area contributed by atoms with Crippen molar-refractivity contribution < 1.29 is 37.5 Å². The third-order valence-electron chi connectivity index (χ3n) is 5.97. The maximum atomic E-state index is 12.9. The molecule has 1 amide bonds. The smallest absolute Gasteiger partial charge is 0.416 e. The average molecular weight is 500 g/mol. The third kappa shape index (κ3) is 4.99. The van der Waals surface area contributed by atoms with Crippen LogP contribution in [0.4, 0.5) is 23.7 Å². The molecule has 0 fully saturated rings. The van der Waals surface area contributed by atoms with Crippen molar-refractivity contribution >= 4 is 17.7 Å². The zero-order valence-electron chi connectivity index (χ0n) is 18.5. The Kier molecular flexibility index (Phi) is 6.65. The minimum absolute atomic E-state index is 0.0906. The summed E-state index contributed by atoms with van der Waals surface area (Å²) in [5.74, 6) is -1.81. The Balaban J connectivity index is 1.47. The Hall–Kier alpha value is -4.41. The maximum Gasteiger partial charge on any atom is 0.416 e. The summed E-state index contributed by atoms with van der Waals surface area (Å²) in [7, 11) is 0. The van der Waals surface area contributed by atoms with E-state index in [2.05, 4.69) is 5.32 Å². The van der Waals surface area contributed by atoms with Crippen molar-refractivity contribution in [1.82, 2.24) is 5.32 Å². The molecule has 1 atom stereocenters. The standard InChI is InChI=1S/C25H19F3N2O6/c26-25(27,28)15-10-9-14(22(12-15)30(34)35)11-21(23(31)32)29-24(33)36-13-20-18-7-3-1-5-16(18)17-6-2-4-8-19(17)20/h1-10,12,20-21H,11,13H2,(H,29,33)(H,31,32). The van der Waals surface area contributed by atoms with Crippen LogP contribution in [0, 0.1) is 10.1 Å². The molecule has 2 N–H and O–H groups in total. The van der Waals surface area contributed by atoms with Crippen LogP contribution in [-0.2, 0) is 22.1 Å². The predicted molar refractivity (Wildman–Crippen MR) is 121 cm³/mol. The van der Waals surface area contributed by atoms with Crippen molar-refractivity contribution in [3.63, 3.8) is 0 Å². The van der Waals surface area contributed by atoms with Crippen LogP contribution in [0.1, 0.15) is 28.2 Å². The van der Waals surface area contributed by atoms with Crippen molar-refractivity contribution in [1.29, 1.82) is 0 Å². The van der Waals surface area contributed by atoms with Crippen LogP contribution in [0.2, 0.25) is 0 Å². The fourth-order valence-electron chi connectivity index (χ4n) is 4.29. The second kappa shape index (κ2) is 9.68. The van der Waals surface area contributed by atoms with Gasteiger partial charge in [-0.05, 0) is 28.3 Å². The average Bonchev–Trinajstić information content (AvgIpc) is 3.15. The molecule has 0 heterocycles. The minimum atomic E-state index is -4.81. The number of alkyl halides is 3. The summed E-state index contributed by atoms with van der Waals surface area (Å²) in [5.41, 5.74) is 1.47. The largest absolute Gasteiger partial charge is 0.480 e. The second-order valence-corrected chi connectivity index (χ2v) is 8.16. The van der Waals surface area contributed by atoms with Crippen molar-refractivity contribution in [3.8, 4) is 11.1 Å². The van der Waals surface area contributed by atoms with Gasteiger partial charge in [0.15, 0.2) is 0 Å². The summed E-state index contributed by atoms with van der Waals surface area (Å²) in [6, 6.07) is 15.3. The predicted octanol–water partition coefficient (Wildman–Crippen LogP) is 5.15. The number of nitro benzene ring substituents is 1. The van der Waals surface area contributed by atoms with Gasteiger partial charge in [-0.2, -0.15) is 13.2 Å². The van der Waals surface area contributed by atoms with Crippen LogP contribution in [0.25, 0.3) is 11.1 Å². The van der Waals surface area contributed by atoms with Gasteiger partial charge in [0, 0.05) is 24.0 Å². The van der Waals surface area contributed by atoms with Crippen LogP contribution in [-0.4, -0.2) is 34.7 Å². The van der Waals surface area contributed by atoms with Gasteiger partial charge in [0.2, 0.25) is 0 Å². The van der Waals surface area contributed by atoms with E-state index in [1.807, 2.05) is 48.5 Å². The molecule has 0 bridgehead atoms. The molecule has 1 aliphatic rings. The molecule has 0 aliphatic heterocycles. The first-order valence-corrected chi connectivity index (χ1v) is 10.7. The SMILES string of the molecule is O=C(NC(Cc1ccc(C(F)(F)F)cc1[N+](=O)[O-])C(=O)O)OCC1c2ccccc2-c2ccccc21. The molecule has 186 valence electrons. The van der Waals surface area contributed by atoms with Gasteiger partial charge in [-0.3, -0.25) is 10.1 Å². The van der Waals surface area contributed by atoms with Crippen molar-refractivity contribution in [2.24, 2.45) is 0 Å². The fraction of sp³-hybridized carbons (Fsp3) is 0.200. The summed E-state index contributed by atoms with van der Waals surface area (Å²) in [6.45, 7) is -0.0906. The van der Waals surface area contributed by atoms with Gasteiger partial charge in [-0.15, -0.1) is 0 Å². The molecule has 4 rings (SSSR count). The molecule has 0 spiro atoms. The second-order valence-electron chi connectivity index (χ2n) is 8.16. The van der Waals surface area contributed by atoms with Crippen LogP contribution in [0.5, 0.6) is 0 Å².